The Morgan fingerprint density at radius 1 is 1.41 bits per heavy atom. The summed E-state index contributed by atoms with van der Waals surface area (Å²) in [5.74, 6) is 2.26. The lowest BCUT2D eigenvalue weighted by molar-refractivity contribution is -0.113. The van der Waals surface area contributed by atoms with Crippen LogP contribution in [0.1, 0.15) is 19.8 Å². The van der Waals surface area contributed by atoms with E-state index in [1.807, 2.05) is 6.07 Å². The lowest BCUT2D eigenvalue weighted by Crippen LogP contribution is -2.34. The molecule has 8 heteroatoms. The third-order valence-electron chi connectivity index (χ3n) is 4.40. The predicted octanol–water partition coefficient (Wildman–Crippen LogP) is 4.11. The monoisotopic (exact) mass is 406 g/mol. The quantitative estimate of drug-likeness (QED) is 0.575. The highest BCUT2D eigenvalue weighted by Crippen LogP contribution is 2.28. The molecule has 1 amide bonds. The van der Waals surface area contributed by atoms with Crippen molar-refractivity contribution in [2.45, 2.75) is 24.8 Å². The molecule has 1 fully saturated rings. The van der Waals surface area contributed by atoms with E-state index in [4.69, 9.17) is 16.3 Å². The van der Waals surface area contributed by atoms with Crippen molar-refractivity contribution >= 4 is 40.8 Å². The lowest BCUT2D eigenvalue weighted by atomic mass is 10.0. The van der Waals surface area contributed by atoms with Gasteiger partial charge in [0.05, 0.1) is 18.6 Å². The van der Waals surface area contributed by atoms with Gasteiger partial charge in [0.25, 0.3) is 0 Å². The van der Waals surface area contributed by atoms with Crippen LogP contribution in [0, 0.1) is 5.92 Å². The number of aromatic nitrogens is 2. The Balaban J connectivity index is 1.59. The van der Waals surface area contributed by atoms with Crippen molar-refractivity contribution in [3.63, 3.8) is 0 Å². The molecule has 2 aromatic rings. The standard InChI is InChI=1S/C19H23ClN4O2S/c1-13-4-3-7-24(10-13)17-9-19(22-12-21-17)27-11-18(25)23-15-8-14(20)5-6-16(15)26-2/h5-6,8-9,12-13H,3-4,7,10-11H2,1-2H3,(H,23,25). The van der Waals surface area contributed by atoms with Crippen LogP contribution in [0.5, 0.6) is 5.75 Å². The number of rotatable bonds is 6. The Kier molecular flexibility index (Phi) is 6.79. The molecule has 1 aliphatic rings. The molecule has 0 saturated carbocycles. The fourth-order valence-corrected chi connectivity index (χ4v) is 3.92. The number of halogens is 1. The van der Waals surface area contributed by atoms with Gasteiger partial charge in [0.1, 0.15) is 22.9 Å². The fraction of sp³-hybridized carbons (Fsp3) is 0.421. The minimum absolute atomic E-state index is 0.146. The number of nitrogens with zero attached hydrogens (tertiary/aromatic N) is 3. The molecule has 0 radical (unpaired) electrons. The number of piperidine rings is 1. The normalized spacial score (nSPS) is 16.9. The minimum atomic E-state index is -0.146. The molecule has 1 unspecified atom stereocenters. The minimum Gasteiger partial charge on any atom is -0.495 e. The summed E-state index contributed by atoms with van der Waals surface area (Å²) in [6, 6.07) is 7.06. The molecular formula is C19H23ClN4O2S. The van der Waals surface area contributed by atoms with Crippen molar-refractivity contribution < 1.29 is 9.53 Å². The van der Waals surface area contributed by atoms with E-state index in [9.17, 15) is 4.79 Å². The molecule has 27 heavy (non-hydrogen) atoms. The maximum absolute atomic E-state index is 12.3. The number of thioether (sulfide) groups is 1. The number of hydrogen-bond acceptors (Lipinski definition) is 6. The highest BCUT2D eigenvalue weighted by Gasteiger charge is 2.18. The average molecular weight is 407 g/mol. The van der Waals surface area contributed by atoms with Crippen LogP contribution in [-0.2, 0) is 4.79 Å². The van der Waals surface area contributed by atoms with Gasteiger partial charge in [-0.3, -0.25) is 4.79 Å². The van der Waals surface area contributed by atoms with E-state index in [1.165, 1.54) is 24.6 Å². The summed E-state index contributed by atoms with van der Waals surface area (Å²) in [5.41, 5.74) is 0.557. The van der Waals surface area contributed by atoms with Crippen LogP contribution in [-0.4, -0.2) is 41.8 Å². The second kappa shape index (κ2) is 9.28. The van der Waals surface area contributed by atoms with Crippen LogP contribution in [0.15, 0.2) is 35.6 Å². The van der Waals surface area contributed by atoms with Gasteiger partial charge >= 0.3 is 0 Å². The van der Waals surface area contributed by atoms with Crippen molar-refractivity contribution in [1.29, 1.82) is 0 Å². The SMILES string of the molecule is COc1ccc(Cl)cc1NC(=O)CSc1cc(N2CCCC(C)C2)ncn1. The summed E-state index contributed by atoms with van der Waals surface area (Å²) < 4.78 is 5.25. The first-order valence-corrected chi connectivity index (χ1v) is 10.2. The van der Waals surface area contributed by atoms with Crippen LogP contribution in [0.25, 0.3) is 0 Å². The van der Waals surface area contributed by atoms with Crippen LogP contribution in [0.2, 0.25) is 5.02 Å². The van der Waals surface area contributed by atoms with E-state index in [-0.39, 0.29) is 11.7 Å². The van der Waals surface area contributed by atoms with Gasteiger partial charge in [-0.2, -0.15) is 0 Å². The number of methoxy groups -OCH3 is 1. The first kappa shape index (κ1) is 19.8. The molecule has 1 N–H and O–H groups in total. The molecule has 0 spiro atoms. The van der Waals surface area contributed by atoms with Crippen LogP contribution in [0.3, 0.4) is 0 Å². The number of hydrogen-bond donors (Lipinski definition) is 1. The Bertz CT molecular complexity index is 805. The lowest BCUT2D eigenvalue weighted by Gasteiger charge is -2.31. The highest BCUT2D eigenvalue weighted by atomic mass is 35.5. The number of nitrogens with one attached hydrogen (secondary N) is 1. The van der Waals surface area contributed by atoms with Gasteiger partial charge in [0.2, 0.25) is 5.91 Å². The Morgan fingerprint density at radius 3 is 3.04 bits per heavy atom. The molecule has 2 heterocycles. The van der Waals surface area contributed by atoms with Crippen molar-refractivity contribution in [2.75, 3.05) is 36.2 Å². The Hall–Kier alpha value is -1.99. The van der Waals surface area contributed by atoms with Crippen molar-refractivity contribution in [2.24, 2.45) is 5.92 Å². The number of carbonyl (C=O) groups excluding carboxylic acids is 1. The second-order valence-electron chi connectivity index (χ2n) is 6.59. The van der Waals surface area contributed by atoms with Gasteiger partial charge in [0.15, 0.2) is 0 Å². The van der Waals surface area contributed by atoms with E-state index in [0.29, 0.717) is 22.4 Å². The zero-order valence-corrected chi connectivity index (χ0v) is 17.0. The van der Waals surface area contributed by atoms with Gasteiger partial charge in [-0.1, -0.05) is 30.3 Å². The van der Waals surface area contributed by atoms with E-state index in [0.717, 1.165) is 23.9 Å². The topological polar surface area (TPSA) is 67.3 Å². The first-order valence-electron chi connectivity index (χ1n) is 8.88. The molecule has 1 atom stereocenters. The maximum Gasteiger partial charge on any atom is 0.234 e. The summed E-state index contributed by atoms with van der Waals surface area (Å²) in [4.78, 5) is 23.3. The third kappa shape index (κ3) is 5.49. The number of anilines is 2. The van der Waals surface area contributed by atoms with E-state index < -0.39 is 0 Å². The van der Waals surface area contributed by atoms with Crippen LogP contribution < -0.4 is 15.0 Å². The molecule has 0 aliphatic carbocycles. The van der Waals surface area contributed by atoms with E-state index in [2.05, 4.69) is 27.1 Å². The number of carbonyl (C=O) groups is 1. The Labute approximate surface area is 168 Å². The summed E-state index contributed by atoms with van der Waals surface area (Å²) in [7, 11) is 1.55. The maximum atomic E-state index is 12.3. The summed E-state index contributed by atoms with van der Waals surface area (Å²) in [6.45, 7) is 4.29. The van der Waals surface area contributed by atoms with Crippen molar-refractivity contribution in [3.8, 4) is 5.75 Å². The third-order valence-corrected chi connectivity index (χ3v) is 5.56. The van der Waals surface area contributed by atoms with Crippen LogP contribution in [0.4, 0.5) is 11.5 Å². The Morgan fingerprint density at radius 2 is 2.26 bits per heavy atom. The smallest absolute Gasteiger partial charge is 0.234 e. The van der Waals surface area contributed by atoms with Gasteiger partial charge in [0, 0.05) is 24.2 Å². The van der Waals surface area contributed by atoms with Crippen molar-refractivity contribution in [1.82, 2.24) is 9.97 Å². The predicted molar refractivity (Wildman–Crippen MR) is 110 cm³/mol. The summed E-state index contributed by atoms with van der Waals surface area (Å²) >= 11 is 7.38. The van der Waals surface area contributed by atoms with Crippen LogP contribution >= 0.6 is 23.4 Å². The molecule has 1 aromatic carbocycles. The second-order valence-corrected chi connectivity index (χ2v) is 8.02. The van der Waals surface area contributed by atoms with E-state index >= 15 is 0 Å². The van der Waals surface area contributed by atoms with Gasteiger partial charge in [-0.05, 0) is 37.0 Å². The molecular weight excluding hydrogens is 384 g/mol. The zero-order valence-electron chi connectivity index (χ0n) is 15.4. The molecule has 6 nitrogen and oxygen atoms in total. The molecule has 144 valence electrons. The molecule has 1 aromatic heterocycles. The first-order chi connectivity index (χ1) is 13.0. The van der Waals surface area contributed by atoms with Crippen molar-refractivity contribution in [3.05, 3.63) is 35.6 Å². The van der Waals surface area contributed by atoms with E-state index in [1.54, 1.807) is 31.6 Å². The zero-order chi connectivity index (χ0) is 19.2. The average Bonchev–Trinajstić information content (AvgIpc) is 2.67. The number of amides is 1. The molecule has 1 saturated heterocycles. The highest BCUT2D eigenvalue weighted by molar-refractivity contribution is 7.99. The number of ether oxygens (including phenoxy) is 1. The summed E-state index contributed by atoms with van der Waals surface area (Å²) in [5, 5.41) is 4.15. The van der Waals surface area contributed by atoms with Gasteiger partial charge < -0.3 is 15.0 Å². The molecule has 1 aliphatic heterocycles. The van der Waals surface area contributed by atoms with Gasteiger partial charge in [-0.15, -0.1) is 0 Å². The van der Waals surface area contributed by atoms with Gasteiger partial charge in [-0.25, -0.2) is 9.97 Å². The fourth-order valence-electron chi connectivity index (χ4n) is 3.08. The molecule has 3 rings (SSSR count). The number of benzene rings is 1. The largest absolute Gasteiger partial charge is 0.495 e. The molecule has 0 bridgehead atoms. The summed E-state index contributed by atoms with van der Waals surface area (Å²) in [6.07, 6.45) is 4.00.